The molecule has 152 valence electrons. The summed E-state index contributed by atoms with van der Waals surface area (Å²) in [6, 6.07) is 11.7. The molecule has 2 aromatic carbocycles. The summed E-state index contributed by atoms with van der Waals surface area (Å²) in [7, 11) is 0. The zero-order valence-corrected chi connectivity index (χ0v) is 16.6. The normalized spacial score (nSPS) is 18.5. The predicted octanol–water partition coefficient (Wildman–Crippen LogP) is 3.32. The molecular weight excluding hydrogens is 371 g/mol. The number of fused-ring (bicyclic) bond motifs is 1. The van der Waals surface area contributed by atoms with E-state index in [-0.39, 0.29) is 30.3 Å². The Bertz CT molecular complexity index is 924. The number of ether oxygens (including phenoxy) is 1. The van der Waals surface area contributed by atoms with E-state index in [2.05, 4.69) is 0 Å². The van der Waals surface area contributed by atoms with Crippen molar-refractivity contribution in [1.29, 1.82) is 0 Å². The lowest BCUT2D eigenvalue weighted by Crippen LogP contribution is -2.39. The van der Waals surface area contributed by atoms with Crippen LogP contribution >= 0.6 is 0 Å². The third-order valence-electron chi connectivity index (χ3n) is 5.74. The Morgan fingerprint density at radius 3 is 2.62 bits per heavy atom. The fourth-order valence-electron chi connectivity index (χ4n) is 4.26. The molecule has 0 saturated carbocycles. The number of benzene rings is 2. The van der Waals surface area contributed by atoms with Crippen molar-refractivity contribution in [3.05, 3.63) is 65.0 Å². The summed E-state index contributed by atoms with van der Waals surface area (Å²) in [5.41, 5.74) is 2.75. The van der Waals surface area contributed by atoms with Crippen molar-refractivity contribution in [2.75, 3.05) is 26.2 Å². The topological polar surface area (TPSA) is 49.9 Å². The number of hydrogen-bond acceptors (Lipinski definition) is 3. The second-order valence-corrected chi connectivity index (χ2v) is 7.66. The van der Waals surface area contributed by atoms with Crippen LogP contribution in [0.1, 0.15) is 42.5 Å². The quantitative estimate of drug-likeness (QED) is 0.797. The minimum atomic E-state index is -0.371. The van der Waals surface area contributed by atoms with Gasteiger partial charge < -0.3 is 14.5 Å². The highest BCUT2D eigenvalue weighted by molar-refractivity contribution is 5.78. The van der Waals surface area contributed by atoms with Crippen molar-refractivity contribution in [2.24, 2.45) is 0 Å². The van der Waals surface area contributed by atoms with E-state index in [9.17, 15) is 14.0 Å². The standard InChI is InChI=1S/C23H25FN2O3/c1-16(27)26-12-9-17-7-8-20(29-15-22(28)25-10-2-3-11-25)14-21(17)23(26)18-5-4-6-19(24)13-18/h4-8,13-14,23H,2-3,9-12,15H2,1H3. The Balaban J connectivity index is 1.61. The molecule has 1 saturated heterocycles. The lowest BCUT2D eigenvalue weighted by Gasteiger charge is -2.37. The van der Waals surface area contributed by atoms with Gasteiger partial charge in [-0.05, 0) is 60.2 Å². The molecule has 0 radical (unpaired) electrons. The second kappa shape index (κ2) is 8.23. The van der Waals surface area contributed by atoms with Crippen LogP contribution in [0.5, 0.6) is 5.75 Å². The van der Waals surface area contributed by atoms with E-state index in [1.54, 1.807) is 11.0 Å². The van der Waals surface area contributed by atoms with E-state index in [0.29, 0.717) is 12.3 Å². The Hall–Kier alpha value is -2.89. The largest absolute Gasteiger partial charge is 0.484 e. The van der Waals surface area contributed by atoms with Gasteiger partial charge in [0.1, 0.15) is 11.6 Å². The summed E-state index contributed by atoms with van der Waals surface area (Å²) in [5, 5.41) is 0. The third-order valence-corrected chi connectivity index (χ3v) is 5.74. The first kappa shape index (κ1) is 19.4. The molecule has 0 aliphatic carbocycles. The number of nitrogens with zero attached hydrogens (tertiary/aromatic N) is 2. The van der Waals surface area contributed by atoms with Gasteiger partial charge in [0.2, 0.25) is 5.91 Å². The molecule has 0 N–H and O–H groups in total. The van der Waals surface area contributed by atoms with Gasteiger partial charge in [-0.2, -0.15) is 0 Å². The van der Waals surface area contributed by atoms with Crippen LogP contribution in [-0.2, 0) is 16.0 Å². The van der Waals surface area contributed by atoms with Gasteiger partial charge in [-0.3, -0.25) is 9.59 Å². The van der Waals surface area contributed by atoms with Crippen LogP contribution in [0.3, 0.4) is 0 Å². The number of rotatable bonds is 4. The summed E-state index contributed by atoms with van der Waals surface area (Å²) in [6.45, 7) is 3.70. The van der Waals surface area contributed by atoms with Crippen LogP contribution in [0.4, 0.5) is 4.39 Å². The Morgan fingerprint density at radius 1 is 1.10 bits per heavy atom. The van der Waals surface area contributed by atoms with Crippen molar-refractivity contribution >= 4 is 11.8 Å². The lowest BCUT2D eigenvalue weighted by molar-refractivity contribution is -0.132. The molecule has 2 heterocycles. The van der Waals surface area contributed by atoms with Crippen LogP contribution in [0.15, 0.2) is 42.5 Å². The first-order valence-electron chi connectivity index (χ1n) is 10.1. The summed E-state index contributed by atoms with van der Waals surface area (Å²) in [6.07, 6.45) is 2.81. The molecule has 2 aliphatic heterocycles. The van der Waals surface area contributed by atoms with E-state index in [0.717, 1.165) is 49.0 Å². The van der Waals surface area contributed by atoms with E-state index in [4.69, 9.17) is 4.74 Å². The highest BCUT2D eigenvalue weighted by atomic mass is 19.1. The number of hydrogen-bond donors (Lipinski definition) is 0. The summed E-state index contributed by atoms with van der Waals surface area (Å²) < 4.78 is 19.7. The molecule has 1 atom stereocenters. The maximum atomic E-state index is 13.9. The number of carbonyl (C=O) groups excluding carboxylic acids is 2. The SMILES string of the molecule is CC(=O)N1CCc2ccc(OCC(=O)N3CCCC3)cc2C1c1cccc(F)c1. The molecule has 0 aromatic heterocycles. The van der Waals surface area contributed by atoms with Crippen LogP contribution in [0, 0.1) is 5.82 Å². The lowest BCUT2D eigenvalue weighted by atomic mass is 9.88. The molecular formula is C23H25FN2O3. The van der Waals surface area contributed by atoms with Gasteiger partial charge >= 0.3 is 0 Å². The molecule has 4 rings (SSSR count). The molecule has 1 unspecified atom stereocenters. The number of carbonyl (C=O) groups is 2. The molecule has 29 heavy (non-hydrogen) atoms. The van der Waals surface area contributed by atoms with E-state index >= 15 is 0 Å². The Morgan fingerprint density at radius 2 is 1.90 bits per heavy atom. The van der Waals surface area contributed by atoms with Gasteiger partial charge in [0.05, 0.1) is 6.04 Å². The zero-order valence-electron chi connectivity index (χ0n) is 16.6. The zero-order chi connectivity index (χ0) is 20.4. The van der Waals surface area contributed by atoms with Crippen molar-refractivity contribution in [1.82, 2.24) is 9.80 Å². The van der Waals surface area contributed by atoms with Gasteiger partial charge in [-0.15, -0.1) is 0 Å². The minimum Gasteiger partial charge on any atom is -0.484 e. The van der Waals surface area contributed by atoms with Gasteiger partial charge in [-0.1, -0.05) is 18.2 Å². The second-order valence-electron chi connectivity index (χ2n) is 7.66. The fraction of sp³-hybridized carbons (Fsp3) is 0.391. The fourth-order valence-corrected chi connectivity index (χ4v) is 4.26. The smallest absolute Gasteiger partial charge is 0.260 e. The first-order chi connectivity index (χ1) is 14.0. The minimum absolute atomic E-state index is 0.000158. The molecule has 1 fully saturated rings. The molecule has 2 aromatic rings. The maximum absolute atomic E-state index is 13.9. The van der Waals surface area contributed by atoms with E-state index in [1.165, 1.54) is 19.1 Å². The highest BCUT2D eigenvalue weighted by Gasteiger charge is 2.31. The van der Waals surface area contributed by atoms with Gasteiger partial charge in [0, 0.05) is 26.6 Å². The van der Waals surface area contributed by atoms with Crippen molar-refractivity contribution in [2.45, 2.75) is 32.2 Å². The third kappa shape index (κ3) is 4.11. The summed E-state index contributed by atoms with van der Waals surface area (Å²) in [4.78, 5) is 28.1. The maximum Gasteiger partial charge on any atom is 0.260 e. The van der Waals surface area contributed by atoms with Crippen molar-refractivity contribution in [3.63, 3.8) is 0 Å². The summed E-state index contributed by atoms with van der Waals surface area (Å²) in [5.74, 6) is 0.192. The van der Waals surface area contributed by atoms with Crippen molar-refractivity contribution in [3.8, 4) is 5.75 Å². The van der Waals surface area contributed by atoms with E-state index in [1.807, 2.05) is 29.2 Å². The van der Waals surface area contributed by atoms with Crippen LogP contribution in [-0.4, -0.2) is 47.9 Å². The number of amides is 2. The molecule has 0 spiro atoms. The van der Waals surface area contributed by atoms with E-state index < -0.39 is 0 Å². The monoisotopic (exact) mass is 396 g/mol. The van der Waals surface area contributed by atoms with Crippen molar-refractivity contribution < 1.29 is 18.7 Å². The molecule has 2 aliphatic rings. The first-order valence-corrected chi connectivity index (χ1v) is 10.1. The predicted molar refractivity (Wildman–Crippen MR) is 107 cm³/mol. The number of likely N-dealkylation sites (tertiary alicyclic amines) is 1. The van der Waals surface area contributed by atoms with Crippen LogP contribution in [0.2, 0.25) is 0 Å². The Kier molecular flexibility index (Phi) is 5.51. The average Bonchev–Trinajstić information content (AvgIpc) is 3.26. The number of halogens is 1. The molecule has 5 nitrogen and oxygen atoms in total. The van der Waals surface area contributed by atoms with Crippen LogP contribution in [0.25, 0.3) is 0 Å². The Labute approximate surface area is 170 Å². The summed E-state index contributed by atoms with van der Waals surface area (Å²) >= 11 is 0. The van der Waals surface area contributed by atoms with Gasteiger partial charge in [-0.25, -0.2) is 4.39 Å². The van der Waals surface area contributed by atoms with Gasteiger partial charge in [0.15, 0.2) is 6.61 Å². The highest BCUT2D eigenvalue weighted by Crippen LogP contribution is 2.37. The molecule has 0 bridgehead atoms. The average molecular weight is 396 g/mol. The molecule has 2 amide bonds. The van der Waals surface area contributed by atoms with Crippen LogP contribution < -0.4 is 4.74 Å². The van der Waals surface area contributed by atoms with Gasteiger partial charge in [0.25, 0.3) is 5.91 Å². The molecule has 6 heteroatoms.